The van der Waals surface area contributed by atoms with Crippen LogP contribution in [0.25, 0.3) is 0 Å². The average Bonchev–Trinajstić information content (AvgIpc) is 2.31. The molecule has 1 N–H and O–H groups in total. The summed E-state index contributed by atoms with van der Waals surface area (Å²) in [5, 5.41) is 3.21. The molecule has 1 unspecified atom stereocenters. The summed E-state index contributed by atoms with van der Waals surface area (Å²) in [6.45, 7) is 4.71. The van der Waals surface area contributed by atoms with Crippen LogP contribution in [0.15, 0.2) is 16.7 Å². The second kappa shape index (κ2) is 5.77. The maximum Gasteiger partial charge on any atom is 0.254 e. The lowest BCUT2D eigenvalue weighted by molar-refractivity contribution is -0.0615. The van der Waals surface area contributed by atoms with Crippen molar-refractivity contribution in [3.63, 3.8) is 0 Å². The molecule has 6 heteroatoms. The van der Waals surface area contributed by atoms with Crippen LogP contribution < -0.4 is 5.32 Å². The van der Waals surface area contributed by atoms with Crippen molar-refractivity contribution < 1.29 is 9.53 Å². The van der Waals surface area contributed by atoms with Crippen LogP contribution in [-0.4, -0.2) is 29.1 Å². The minimum Gasteiger partial charge on any atom is -0.375 e. The van der Waals surface area contributed by atoms with E-state index >= 15 is 0 Å². The molecule has 0 radical (unpaired) electrons. The van der Waals surface area contributed by atoms with Gasteiger partial charge in [-0.15, -0.1) is 0 Å². The maximum absolute atomic E-state index is 12.2. The van der Waals surface area contributed by atoms with Crippen LogP contribution >= 0.6 is 27.5 Å². The molecular formula is C13H16BrClN2O2. The normalized spacial score (nSPS) is 22.0. The zero-order valence-electron chi connectivity index (χ0n) is 10.9. The van der Waals surface area contributed by atoms with E-state index in [0.29, 0.717) is 12.2 Å². The zero-order chi connectivity index (χ0) is 14.0. The van der Waals surface area contributed by atoms with Crippen molar-refractivity contribution in [2.45, 2.75) is 38.3 Å². The zero-order valence-corrected chi connectivity index (χ0v) is 13.2. The van der Waals surface area contributed by atoms with Crippen LogP contribution in [0, 0.1) is 0 Å². The average molecular weight is 348 g/mol. The van der Waals surface area contributed by atoms with Gasteiger partial charge in [-0.3, -0.25) is 4.79 Å². The van der Waals surface area contributed by atoms with Crippen LogP contribution in [0.1, 0.15) is 37.0 Å². The Morgan fingerprint density at radius 3 is 3.05 bits per heavy atom. The molecule has 1 aromatic rings. The second-order valence-electron chi connectivity index (χ2n) is 5.26. The van der Waals surface area contributed by atoms with Crippen LogP contribution in [0.5, 0.6) is 0 Å². The summed E-state index contributed by atoms with van der Waals surface area (Å²) < 4.78 is 6.36. The molecule has 1 amide bonds. The minimum absolute atomic E-state index is 0.103. The van der Waals surface area contributed by atoms with E-state index in [1.807, 2.05) is 13.8 Å². The van der Waals surface area contributed by atoms with Gasteiger partial charge in [-0.25, -0.2) is 4.98 Å². The summed E-state index contributed by atoms with van der Waals surface area (Å²) in [5.41, 5.74) is 0.190. The van der Waals surface area contributed by atoms with Gasteiger partial charge < -0.3 is 10.1 Å². The van der Waals surface area contributed by atoms with Crippen LogP contribution in [0.3, 0.4) is 0 Å². The smallest absolute Gasteiger partial charge is 0.254 e. The first-order valence-corrected chi connectivity index (χ1v) is 7.30. The molecule has 1 fully saturated rings. The molecule has 2 rings (SSSR count). The van der Waals surface area contributed by atoms with Crippen molar-refractivity contribution in [2.24, 2.45) is 0 Å². The van der Waals surface area contributed by atoms with Gasteiger partial charge in [0.1, 0.15) is 5.15 Å². The first-order valence-electron chi connectivity index (χ1n) is 6.13. The van der Waals surface area contributed by atoms with Gasteiger partial charge in [-0.1, -0.05) is 11.6 Å². The molecule has 0 bridgehead atoms. The van der Waals surface area contributed by atoms with Crippen LogP contribution in [0.2, 0.25) is 5.15 Å². The highest BCUT2D eigenvalue weighted by atomic mass is 79.9. The van der Waals surface area contributed by atoms with Crippen molar-refractivity contribution in [3.8, 4) is 0 Å². The fraction of sp³-hybridized carbons (Fsp3) is 0.538. The van der Waals surface area contributed by atoms with E-state index in [1.54, 1.807) is 12.3 Å². The van der Waals surface area contributed by atoms with E-state index in [0.717, 1.165) is 17.3 Å². The van der Waals surface area contributed by atoms with Crippen molar-refractivity contribution in [2.75, 3.05) is 6.61 Å². The number of nitrogens with zero attached hydrogens (tertiary/aromatic N) is 1. The third-order valence-corrected chi connectivity index (χ3v) is 3.82. The third-order valence-electron chi connectivity index (χ3n) is 3.08. The van der Waals surface area contributed by atoms with Crippen molar-refractivity contribution in [1.82, 2.24) is 10.3 Å². The fourth-order valence-corrected chi connectivity index (χ4v) is 2.72. The Labute approximate surface area is 126 Å². The van der Waals surface area contributed by atoms with Crippen molar-refractivity contribution in [1.29, 1.82) is 0 Å². The van der Waals surface area contributed by atoms with Gasteiger partial charge in [0.25, 0.3) is 5.91 Å². The molecular weight excluding hydrogens is 332 g/mol. The molecule has 19 heavy (non-hydrogen) atoms. The Bertz CT molecular complexity index is 494. The molecule has 1 aromatic heterocycles. The number of aromatic nitrogens is 1. The molecule has 0 aromatic carbocycles. The monoisotopic (exact) mass is 346 g/mol. The second-order valence-corrected chi connectivity index (χ2v) is 6.54. The molecule has 0 saturated carbocycles. The largest absolute Gasteiger partial charge is 0.375 e. The molecule has 0 spiro atoms. The Morgan fingerprint density at radius 1 is 1.63 bits per heavy atom. The van der Waals surface area contributed by atoms with Gasteiger partial charge in [0, 0.05) is 23.3 Å². The number of hydrogen-bond acceptors (Lipinski definition) is 3. The summed E-state index contributed by atoms with van der Waals surface area (Å²) >= 11 is 9.23. The number of halogens is 2. The minimum atomic E-state index is -0.199. The summed E-state index contributed by atoms with van der Waals surface area (Å²) in [6, 6.07) is 1.78. The highest BCUT2D eigenvalue weighted by Gasteiger charge is 2.30. The third kappa shape index (κ3) is 3.91. The summed E-state index contributed by atoms with van der Waals surface area (Å²) in [5.74, 6) is -0.193. The van der Waals surface area contributed by atoms with E-state index in [2.05, 4.69) is 26.2 Å². The molecule has 104 valence electrons. The maximum atomic E-state index is 12.2. The fourth-order valence-electron chi connectivity index (χ4n) is 2.20. The topological polar surface area (TPSA) is 51.2 Å². The van der Waals surface area contributed by atoms with E-state index < -0.39 is 0 Å². The van der Waals surface area contributed by atoms with Gasteiger partial charge >= 0.3 is 0 Å². The summed E-state index contributed by atoms with van der Waals surface area (Å²) in [4.78, 5) is 16.2. The Kier molecular flexibility index (Phi) is 4.48. The molecule has 1 aliphatic rings. The lowest BCUT2D eigenvalue weighted by Gasteiger charge is -2.35. The predicted molar refractivity (Wildman–Crippen MR) is 77.5 cm³/mol. The van der Waals surface area contributed by atoms with Crippen LogP contribution in [-0.2, 0) is 4.74 Å². The Morgan fingerprint density at radius 2 is 2.37 bits per heavy atom. The Hall–Kier alpha value is -0.650. The number of carbonyl (C=O) groups excluding carboxylic acids is 1. The van der Waals surface area contributed by atoms with E-state index in [-0.39, 0.29) is 22.7 Å². The summed E-state index contributed by atoms with van der Waals surface area (Å²) in [7, 11) is 0. The molecule has 1 atom stereocenters. The van der Waals surface area contributed by atoms with Crippen LogP contribution in [0.4, 0.5) is 0 Å². The number of amides is 1. The van der Waals surface area contributed by atoms with Gasteiger partial charge in [-0.05, 0) is 48.7 Å². The lowest BCUT2D eigenvalue weighted by atomic mass is 9.94. The molecule has 1 saturated heterocycles. The van der Waals surface area contributed by atoms with E-state index in [4.69, 9.17) is 16.3 Å². The Balaban J connectivity index is 2.06. The van der Waals surface area contributed by atoms with E-state index in [9.17, 15) is 4.79 Å². The highest BCUT2D eigenvalue weighted by Crippen LogP contribution is 2.25. The number of pyridine rings is 1. The first-order chi connectivity index (χ1) is 8.87. The molecule has 2 heterocycles. The van der Waals surface area contributed by atoms with Gasteiger partial charge in [0.15, 0.2) is 0 Å². The molecule has 1 aliphatic heterocycles. The number of ether oxygens (including phenoxy) is 1. The summed E-state index contributed by atoms with van der Waals surface area (Å²) in [6.07, 6.45) is 3.17. The first kappa shape index (κ1) is 14.8. The molecule has 4 nitrogen and oxygen atoms in total. The van der Waals surface area contributed by atoms with E-state index in [1.165, 1.54) is 0 Å². The number of carbonyl (C=O) groups is 1. The molecule has 0 aliphatic carbocycles. The van der Waals surface area contributed by atoms with Gasteiger partial charge in [-0.2, -0.15) is 0 Å². The lowest BCUT2D eigenvalue weighted by Crippen LogP contribution is -2.45. The van der Waals surface area contributed by atoms with Gasteiger partial charge in [0.2, 0.25) is 0 Å². The quantitative estimate of drug-likeness (QED) is 0.836. The predicted octanol–water partition coefficient (Wildman–Crippen LogP) is 3.18. The highest BCUT2D eigenvalue weighted by molar-refractivity contribution is 9.10. The SMILES string of the molecule is CC1(C)CC(NC(=O)c2cc(Br)cnc2Cl)CCO1. The number of nitrogens with one attached hydrogen (secondary N) is 1. The van der Waals surface area contributed by atoms with Gasteiger partial charge in [0.05, 0.1) is 11.2 Å². The van der Waals surface area contributed by atoms with Crippen molar-refractivity contribution in [3.05, 3.63) is 27.5 Å². The number of rotatable bonds is 2. The standard InChI is InChI=1S/C13H16BrClN2O2/c1-13(2)6-9(3-4-19-13)17-12(18)10-5-8(14)7-16-11(10)15/h5,7,9H,3-4,6H2,1-2H3,(H,17,18). The number of hydrogen-bond donors (Lipinski definition) is 1. The van der Waals surface area contributed by atoms with Crippen molar-refractivity contribution >= 4 is 33.4 Å².